The number of hydrogen-bond acceptors (Lipinski definition) is 6. The normalized spacial score (nSPS) is 13.2. The van der Waals surface area contributed by atoms with E-state index in [0.29, 0.717) is 44.1 Å². The van der Waals surface area contributed by atoms with Crippen LogP contribution in [0, 0.1) is 5.92 Å². The summed E-state index contributed by atoms with van der Waals surface area (Å²) >= 11 is 11.9. The molecule has 2 unspecified atom stereocenters. The lowest BCUT2D eigenvalue weighted by Crippen LogP contribution is -2.49. The van der Waals surface area contributed by atoms with Crippen LogP contribution in [0.2, 0.25) is 0 Å². The van der Waals surface area contributed by atoms with Crippen molar-refractivity contribution in [2.75, 3.05) is 36.4 Å². The van der Waals surface area contributed by atoms with Crippen molar-refractivity contribution in [3.8, 4) is 0 Å². The third kappa shape index (κ3) is 7.75. The van der Waals surface area contributed by atoms with Gasteiger partial charge in [-0.25, -0.2) is 9.78 Å². The van der Waals surface area contributed by atoms with E-state index in [2.05, 4.69) is 10.2 Å². The number of aromatic nitrogens is 2. The molecule has 0 aliphatic heterocycles. The number of nitrogens with one attached hydrogen (secondary N) is 1. The molecule has 0 aliphatic rings. The Balaban J connectivity index is 2.07. The Bertz CT molecular complexity index is 944. The number of esters is 1. The van der Waals surface area contributed by atoms with Crippen molar-refractivity contribution < 1.29 is 14.3 Å². The first-order chi connectivity index (χ1) is 16.2. The second kappa shape index (κ2) is 13.8. The smallest absolute Gasteiger partial charge is 0.328 e. The van der Waals surface area contributed by atoms with Gasteiger partial charge in [0.2, 0.25) is 5.91 Å². The third-order valence-corrected chi connectivity index (χ3v) is 5.98. The predicted octanol–water partition coefficient (Wildman–Crippen LogP) is 3.21. The maximum atomic E-state index is 12.7. The molecule has 1 heterocycles. The molecule has 1 amide bonds. The van der Waals surface area contributed by atoms with Crippen molar-refractivity contribution in [2.24, 2.45) is 18.7 Å². The van der Waals surface area contributed by atoms with Crippen molar-refractivity contribution >= 4 is 51.8 Å². The Kier molecular flexibility index (Phi) is 11.4. The lowest BCUT2D eigenvalue weighted by Gasteiger charge is -2.22. The summed E-state index contributed by atoms with van der Waals surface area (Å²) in [6, 6.07) is 4.63. The molecular weight excluding hydrogens is 477 g/mol. The van der Waals surface area contributed by atoms with Crippen molar-refractivity contribution in [3.05, 3.63) is 24.0 Å². The fourth-order valence-electron chi connectivity index (χ4n) is 3.86. The first-order valence-corrected chi connectivity index (χ1v) is 12.8. The summed E-state index contributed by atoms with van der Waals surface area (Å²) in [4.78, 5) is 31.8. The highest BCUT2D eigenvalue weighted by atomic mass is 35.5. The standard InChI is InChI=1S/C24H37Cl2N5O3/c1-5-34-24(33)20(14-16(2)3)29-23(32)18(27)7-9-22-28-19-15-17(6-8-21(19)30(22)4)31(12-10-25)13-11-26/h6,8,15-16,18,20H,5,7,9-14,27H2,1-4H3,(H,29,32). The first-order valence-electron chi connectivity index (χ1n) is 11.8. The van der Waals surface area contributed by atoms with Crippen LogP contribution in [0.25, 0.3) is 11.0 Å². The second-order valence-electron chi connectivity index (χ2n) is 8.71. The fourth-order valence-corrected chi connectivity index (χ4v) is 4.26. The molecule has 3 N–H and O–H groups in total. The van der Waals surface area contributed by atoms with Gasteiger partial charge in [-0.2, -0.15) is 0 Å². The Morgan fingerprint density at radius 3 is 2.50 bits per heavy atom. The SMILES string of the molecule is CCOC(=O)C(CC(C)C)NC(=O)C(N)CCc1nc2cc(N(CCCl)CCCl)ccc2n1C. The van der Waals surface area contributed by atoms with Crippen LogP contribution in [0.5, 0.6) is 0 Å². The van der Waals surface area contributed by atoms with Gasteiger partial charge in [0.1, 0.15) is 11.9 Å². The molecule has 2 aromatic rings. The van der Waals surface area contributed by atoms with Gasteiger partial charge in [-0.05, 0) is 43.9 Å². The van der Waals surface area contributed by atoms with Crippen molar-refractivity contribution in [3.63, 3.8) is 0 Å². The molecule has 1 aromatic heterocycles. The van der Waals surface area contributed by atoms with Gasteiger partial charge in [-0.15, -0.1) is 23.2 Å². The molecule has 0 saturated carbocycles. The maximum absolute atomic E-state index is 12.7. The van der Waals surface area contributed by atoms with E-state index in [1.807, 2.05) is 43.7 Å². The monoisotopic (exact) mass is 513 g/mol. The van der Waals surface area contributed by atoms with Crippen molar-refractivity contribution in [1.82, 2.24) is 14.9 Å². The zero-order valence-corrected chi connectivity index (χ0v) is 22.0. The molecule has 2 atom stereocenters. The molecular formula is C24H37Cl2N5O3. The lowest BCUT2D eigenvalue weighted by atomic mass is 10.0. The van der Waals surface area contributed by atoms with Gasteiger partial charge in [-0.1, -0.05) is 13.8 Å². The summed E-state index contributed by atoms with van der Waals surface area (Å²) < 4.78 is 7.11. The Morgan fingerprint density at radius 2 is 1.91 bits per heavy atom. The van der Waals surface area contributed by atoms with Crippen LogP contribution in [0.15, 0.2) is 18.2 Å². The predicted molar refractivity (Wildman–Crippen MR) is 139 cm³/mol. The Labute approximate surface area is 212 Å². The number of nitrogens with zero attached hydrogens (tertiary/aromatic N) is 3. The number of hydrogen-bond donors (Lipinski definition) is 2. The lowest BCUT2D eigenvalue weighted by molar-refractivity contribution is -0.148. The number of nitrogens with two attached hydrogens (primary N) is 1. The van der Waals surface area contributed by atoms with Crippen LogP contribution < -0.4 is 16.0 Å². The molecule has 1 aromatic carbocycles. The number of benzene rings is 1. The molecule has 2 rings (SSSR count). The number of anilines is 1. The number of carbonyl (C=O) groups excluding carboxylic acids is 2. The van der Waals surface area contributed by atoms with Crippen molar-refractivity contribution in [1.29, 1.82) is 0 Å². The second-order valence-corrected chi connectivity index (χ2v) is 9.47. The van der Waals surface area contributed by atoms with Gasteiger partial charge in [0.05, 0.1) is 23.7 Å². The van der Waals surface area contributed by atoms with Gasteiger partial charge in [0.15, 0.2) is 0 Å². The zero-order valence-electron chi connectivity index (χ0n) is 20.5. The van der Waals surface area contributed by atoms with Gasteiger partial charge in [0, 0.05) is 44.0 Å². The number of amides is 1. The van der Waals surface area contributed by atoms with E-state index >= 15 is 0 Å². The summed E-state index contributed by atoms with van der Waals surface area (Å²) in [6.45, 7) is 7.38. The van der Waals surface area contributed by atoms with Crippen LogP contribution in [-0.4, -0.2) is 65.0 Å². The van der Waals surface area contributed by atoms with Crippen LogP contribution in [0.4, 0.5) is 5.69 Å². The van der Waals surface area contributed by atoms with Crippen LogP contribution in [0.3, 0.4) is 0 Å². The topological polar surface area (TPSA) is 102 Å². The number of imidazole rings is 1. The molecule has 0 spiro atoms. The van der Waals surface area contributed by atoms with E-state index in [0.717, 1.165) is 22.5 Å². The molecule has 0 fully saturated rings. The minimum Gasteiger partial charge on any atom is -0.464 e. The first kappa shape index (κ1) is 28.2. The third-order valence-electron chi connectivity index (χ3n) is 5.64. The number of rotatable bonds is 14. The highest BCUT2D eigenvalue weighted by molar-refractivity contribution is 6.18. The molecule has 0 bridgehead atoms. The number of fused-ring (bicyclic) bond motifs is 1. The van der Waals surface area contributed by atoms with Crippen LogP contribution in [-0.2, 0) is 27.8 Å². The number of ether oxygens (including phenoxy) is 1. The quantitative estimate of drug-likeness (QED) is 0.297. The molecule has 190 valence electrons. The van der Waals surface area contributed by atoms with Gasteiger partial charge >= 0.3 is 5.97 Å². The van der Waals surface area contributed by atoms with Gasteiger partial charge in [0.25, 0.3) is 0 Å². The summed E-state index contributed by atoms with van der Waals surface area (Å²) in [5.74, 6) is 1.28. The van der Waals surface area contributed by atoms with Crippen molar-refractivity contribution in [2.45, 2.75) is 52.1 Å². The van der Waals surface area contributed by atoms with E-state index < -0.39 is 18.1 Å². The summed E-state index contributed by atoms with van der Waals surface area (Å²) in [5.41, 5.74) is 9.03. The van der Waals surface area contributed by atoms with Crippen LogP contribution in [0.1, 0.15) is 39.4 Å². The maximum Gasteiger partial charge on any atom is 0.328 e. The summed E-state index contributed by atoms with van der Waals surface area (Å²) in [6.07, 6.45) is 1.42. The van der Waals surface area contributed by atoms with E-state index in [1.54, 1.807) is 6.92 Å². The minimum absolute atomic E-state index is 0.223. The average Bonchev–Trinajstić information content (AvgIpc) is 3.11. The molecule has 8 nitrogen and oxygen atoms in total. The highest BCUT2D eigenvalue weighted by Gasteiger charge is 2.26. The number of halogens is 2. The highest BCUT2D eigenvalue weighted by Crippen LogP contribution is 2.23. The summed E-state index contributed by atoms with van der Waals surface area (Å²) in [5, 5.41) is 2.76. The van der Waals surface area contributed by atoms with E-state index in [-0.39, 0.29) is 18.4 Å². The summed E-state index contributed by atoms with van der Waals surface area (Å²) in [7, 11) is 1.95. The van der Waals surface area contributed by atoms with E-state index in [1.165, 1.54) is 0 Å². The molecule has 0 saturated heterocycles. The van der Waals surface area contributed by atoms with E-state index in [9.17, 15) is 9.59 Å². The molecule has 10 heteroatoms. The van der Waals surface area contributed by atoms with Crippen LogP contribution >= 0.6 is 23.2 Å². The van der Waals surface area contributed by atoms with E-state index in [4.69, 9.17) is 38.7 Å². The zero-order chi connectivity index (χ0) is 25.3. The average molecular weight is 514 g/mol. The van der Waals surface area contributed by atoms with Gasteiger partial charge < -0.3 is 25.3 Å². The number of aryl methyl sites for hydroxylation is 2. The molecule has 0 radical (unpaired) electrons. The minimum atomic E-state index is -0.762. The number of carbonyl (C=O) groups is 2. The molecule has 34 heavy (non-hydrogen) atoms. The number of alkyl halides is 2. The Morgan fingerprint density at radius 1 is 1.24 bits per heavy atom. The molecule has 0 aliphatic carbocycles. The van der Waals surface area contributed by atoms with Gasteiger partial charge in [-0.3, -0.25) is 4.79 Å². The Hall–Kier alpha value is -2.03. The fraction of sp³-hybridized carbons (Fsp3) is 0.625. The largest absolute Gasteiger partial charge is 0.464 e.